The maximum Gasteiger partial charge on any atom is 0.0189 e. The van der Waals surface area contributed by atoms with E-state index in [1.807, 2.05) is 0 Å². The molecule has 0 aliphatic heterocycles. The first-order valence-electron chi connectivity index (χ1n) is 6.77. The normalized spacial score (nSPS) is 16.5. The smallest absolute Gasteiger partial charge is 0.0189 e. The van der Waals surface area contributed by atoms with E-state index in [0.717, 1.165) is 12.5 Å². The predicted molar refractivity (Wildman–Crippen MR) is 73.9 cm³/mol. The highest BCUT2D eigenvalue weighted by atomic mass is 15.2. The molecule has 2 nitrogen and oxygen atoms in total. The quantitative estimate of drug-likeness (QED) is 0.686. The molecule has 0 radical (unpaired) electrons. The van der Waals surface area contributed by atoms with Crippen LogP contribution in [0.2, 0.25) is 0 Å². The van der Waals surface area contributed by atoms with Crippen LogP contribution in [-0.4, -0.2) is 36.6 Å². The number of hydrogen-bond donors (Lipinski definition) is 1. The Bertz CT molecular complexity index is 178. The molecule has 0 saturated heterocycles. The largest absolute Gasteiger partial charge is 0.310 e. The number of hydrogen-bond acceptors (Lipinski definition) is 2. The molecule has 0 aromatic rings. The van der Waals surface area contributed by atoms with E-state index in [1.165, 1.54) is 19.4 Å². The van der Waals surface area contributed by atoms with Crippen LogP contribution in [0.15, 0.2) is 0 Å². The van der Waals surface area contributed by atoms with Gasteiger partial charge < -0.3 is 10.2 Å². The van der Waals surface area contributed by atoms with Gasteiger partial charge in [0.25, 0.3) is 0 Å². The van der Waals surface area contributed by atoms with Gasteiger partial charge in [0.05, 0.1) is 0 Å². The van der Waals surface area contributed by atoms with Gasteiger partial charge in [0.15, 0.2) is 0 Å². The Morgan fingerprint density at radius 3 is 2.19 bits per heavy atom. The molecule has 2 heteroatoms. The molecule has 16 heavy (non-hydrogen) atoms. The lowest BCUT2D eigenvalue weighted by molar-refractivity contribution is 0.203. The lowest BCUT2D eigenvalue weighted by atomic mass is 10.0. The minimum absolute atomic E-state index is 0.269. The van der Waals surface area contributed by atoms with Crippen LogP contribution in [-0.2, 0) is 0 Å². The van der Waals surface area contributed by atoms with Crippen molar-refractivity contribution >= 4 is 0 Å². The maximum atomic E-state index is 3.64. The van der Waals surface area contributed by atoms with Crippen molar-refractivity contribution in [2.24, 2.45) is 5.92 Å². The molecule has 0 rings (SSSR count). The Morgan fingerprint density at radius 2 is 1.75 bits per heavy atom. The lowest BCUT2D eigenvalue weighted by Crippen LogP contribution is -2.47. The third kappa shape index (κ3) is 6.49. The zero-order valence-corrected chi connectivity index (χ0v) is 12.4. The number of nitrogens with one attached hydrogen (secondary N) is 1. The molecule has 0 aromatic carbocycles. The summed E-state index contributed by atoms with van der Waals surface area (Å²) in [5.41, 5.74) is 0.269. The predicted octanol–water partition coefficient (Wildman–Crippen LogP) is 3.13. The molecular weight excluding hydrogens is 196 g/mol. The molecule has 0 heterocycles. The first-order valence-corrected chi connectivity index (χ1v) is 6.77. The van der Waals surface area contributed by atoms with Crippen LogP contribution < -0.4 is 5.32 Å². The van der Waals surface area contributed by atoms with Crippen LogP contribution in [0.3, 0.4) is 0 Å². The summed E-state index contributed by atoms with van der Waals surface area (Å²) in [5, 5.41) is 3.64. The molecule has 0 bridgehead atoms. The van der Waals surface area contributed by atoms with Gasteiger partial charge in [-0.1, -0.05) is 27.2 Å². The molecule has 1 N–H and O–H groups in total. The highest BCUT2D eigenvalue weighted by Crippen LogP contribution is 2.09. The summed E-state index contributed by atoms with van der Waals surface area (Å²) < 4.78 is 0. The third-order valence-electron chi connectivity index (χ3n) is 3.81. The Labute approximate surface area is 103 Å². The maximum absolute atomic E-state index is 3.64. The van der Waals surface area contributed by atoms with Gasteiger partial charge in [-0.25, -0.2) is 0 Å². The van der Waals surface area contributed by atoms with Crippen LogP contribution in [0.1, 0.15) is 54.4 Å². The minimum atomic E-state index is 0.269. The van der Waals surface area contributed by atoms with E-state index in [4.69, 9.17) is 0 Å². The Balaban J connectivity index is 3.92. The first kappa shape index (κ1) is 15.9. The molecule has 98 valence electrons. The summed E-state index contributed by atoms with van der Waals surface area (Å²) in [6, 6.07) is 0.611. The second-order valence-corrected chi connectivity index (χ2v) is 5.92. The van der Waals surface area contributed by atoms with Gasteiger partial charge >= 0.3 is 0 Å². The van der Waals surface area contributed by atoms with Crippen molar-refractivity contribution < 1.29 is 0 Å². The summed E-state index contributed by atoms with van der Waals surface area (Å²) in [6.45, 7) is 16.0. The average molecular weight is 228 g/mol. The zero-order valence-electron chi connectivity index (χ0n) is 12.4. The Hall–Kier alpha value is -0.0800. The summed E-state index contributed by atoms with van der Waals surface area (Å²) in [6.07, 6.45) is 2.44. The average Bonchev–Trinajstić information content (AvgIpc) is 2.25. The fourth-order valence-electron chi connectivity index (χ4n) is 1.51. The van der Waals surface area contributed by atoms with Gasteiger partial charge in [-0.2, -0.15) is 0 Å². The Morgan fingerprint density at radius 1 is 1.19 bits per heavy atom. The topological polar surface area (TPSA) is 15.3 Å². The second-order valence-electron chi connectivity index (χ2n) is 5.92. The van der Waals surface area contributed by atoms with Crippen molar-refractivity contribution in [1.29, 1.82) is 0 Å². The molecule has 0 aliphatic carbocycles. The molecule has 0 aromatic heterocycles. The standard InChI is InChI=1S/C14H32N2/c1-8-12(3)11-16(7)13(4)10-15-14(5,6)9-2/h12-13,15H,8-11H2,1-7H3. The summed E-state index contributed by atoms with van der Waals surface area (Å²) in [7, 11) is 2.23. The van der Waals surface area contributed by atoms with Crippen molar-refractivity contribution in [3.05, 3.63) is 0 Å². The van der Waals surface area contributed by atoms with Gasteiger partial charge in [0, 0.05) is 24.7 Å². The molecule has 0 fully saturated rings. The van der Waals surface area contributed by atoms with Gasteiger partial charge in [-0.05, 0) is 40.2 Å². The highest BCUT2D eigenvalue weighted by Gasteiger charge is 2.17. The number of rotatable bonds is 8. The SMILES string of the molecule is CCC(C)CN(C)C(C)CNC(C)(C)CC. The fraction of sp³-hybridized carbons (Fsp3) is 1.00. The van der Waals surface area contributed by atoms with Crippen LogP contribution in [0, 0.1) is 5.92 Å². The number of nitrogens with zero attached hydrogens (tertiary/aromatic N) is 1. The van der Waals surface area contributed by atoms with E-state index in [9.17, 15) is 0 Å². The highest BCUT2D eigenvalue weighted by molar-refractivity contribution is 4.78. The zero-order chi connectivity index (χ0) is 12.8. The first-order chi connectivity index (χ1) is 7.32. The molecule has 0 spiro atoms. The lowest BCUT2D eigenvalue weighted by Gasteiger charge is -2.32. The minimum Gasteiger partial charge on any atom is -0.310 e. The molecule has 2 unspecified atom stereocenters. The summed E-state index contributed by atoms with van der Waals surface area (Å²) >= 11 is 0. The van der Waals surface area contributed by atoms with Crippen LogP contribution in [0.4, 0.5) is 0 Å². The van der Waals surface area contributed by atoms with E-state index in [0.29, 0.717) is 6.04 Å². The van der Waals surface area contributed by atoms with E-state index >= 15 is 0 Å². The monoisotopic (exact) mass is 228 g/mol. The van der Waals surface area contributed by atoms with Gasteiger partial charge in [0.2, 0.25) is 0 Å². The van der Waals surface area contributed by atoms with Crippen molar-refractivity contribution in [2.75, 3.05) is 20.1 Å². The molecule has 2 atom stereocenters. The van der Waals surface area contributed by atoms with Crippen molar-refractivity contribution in [1.82, 2.24) is 10.2 Å². The molecule has 0 saturated carbocycles. The van der Waals surface area contributed by atoms with Crippen LogP contribution in [0.25, 0.3) is 0 Å². The molecular formula is C14H32N2. The second kappa shape index (κ2) is 7.29. The summed E-state index contributed by atoms with van der Waals surface area (Å²) in [5.74, 6) is 0.798. The van der Waals surface area contributed by atoms with E-state index in [-0.39, 0.29) is 5.54 Å². The van der Waals surface area contributed by atoms with Crippen molar-refractivity contribution in [3.63, 3.8) is 0 Å². The van der Waals surface area contributed by atoms with Gasteiger partial charge in [0.1, 0.15) is 0 Å². The van der Waals surface area contributed by atoms with E-state index < -0.39 is 0 Å². The van der Waals surface area contributed by atoms with Crippen molar-refractivity contribution in [3.8, 4) is 0 Å². The van der Waals surface area contributed by atoms with Crippen molar-refractivity contribution in [2.45, 2.75) is 66.0 Å². The summed E-state index contributed by atoms with van der Waals surface area (Å²) in [4.78, 5) is 2.47. The molecule has 0 amide bonds. The van der Waals surface area contributed by atoms with E-state index in [2.05, 4.69) is 58.8 Å². The number of likely N-dealkylation sites (N-methyl/N-ethyl adjacent to an activating group) is 1. The van der Waals surface area contributed by atoms with E-state index in [1.54, 1.807) is 0 Å². The Kier molecular flexibility index (Phi) is 7.25. The fourth-order valence-corrected chi connectivity index (χ4v) is 1.51. The van der Waals surface area contributed by atoms with Gasteiger partial charge in [-0.3, -0.25) is 0 Å². The third-order valence-corrected chi connectivity index (χ3v) is 3.81. The molecule has 0 aliphatic rings. The van der Waals surface area contributed by atoms with Crippen LogP contribution in [0.5, 0.6) is 0 Å². The van der Waals surface area contributed by atoms with Gasteiger partial charge in [-0.15, -0.1) is 0 Å². The van der Waals surface area contributed by atoms with Crippen LogP contribution >= 0.6 is 0 Å².